The van der Waals surface area contributed by atoms with Crippen LogP contribution in [0.3, 0.4) is 0 Å². The Morgan fingerprint density at radius 2 is 0.851 bits per heavy atom. The van der Waals surface area contributed by atoms with Crippen LogP contribution in [-0.2, 0) is 11.3 Å². The van der Waals surface area contributed by atoms with Gasteiger partial charge in [0.15, 0.2) is 0 Å². The number of hydrogen-bond donors (Lipinski definition) is 10. The number of aliphatic hydroxyl groups excluding tert-OH is 3. The number of aliphatic hydroxyl groups is 3. The smallest absolute Gasteiger partial charge is 0.338 e. The molecule has 3 aromatic heterocycles. The zero-order valence-corrected chi connectivity index (χ0v) is 60.4. The number of aliphatic imine (C=N–C) groups is 3. The fourth-order valence-electron chi connectivity index (χ4n) is 9.16. The Morgan fingerprint density at radius 3 is 1.20 bits per heavy atom. The van der Waals surface area contributed by atoms with Gasteiger partial charge in [0.1, 0.15) is 77.0 Å². The molecule has 1 amide bonds. The zero-order chi connectivity index (χ0) is 70.6. The predicted octanol–water partition coefficient (Wildman–Crippen LogP) is 16.4. The van der Waals surface area contributed by atoms with Crippen LogP contribution in [0.2, 0.25) is 0 Å². The molecule has 0 fully saturated rings. The second-order valence-corrected chi connectivity index (χ2v) is 30.0. The summed E-state index contributed by atoms with van der Waals surface area (Å²) in [6, 6.07) is 49.4. The Hall–Kier alpha value is -8.41. The van der Waals surface area contributed by atoms with E-state index in [4.69, 9.17) is 25.8 Å². The lowest BCUT2D eigenvalue weighted by atomic mass is 10.2. The molecule has 13 rings (SSSR count). The van der Waals surface area contributed by atoms with Gasteiger partial charge in [-0.2, -0.15) is 0 Å². The number of hydrogen-bond acceptors (Lipinski definition) is 24. The van der Waals surface area contributed by atoms with Crippen molar-refractivity contribution < 1.29 is 60.3 Å². The number of para-hydroxylation sites is 6. The SMILES string of the molecule is C.C.C.C[C@@H]1SC(c2ccccc2O)=N[C@@H]1CO.C[C@@H]1SC(c2ccccc2O)=N[C@H]1CO.Cc1nc(-c2ccccc2O)sc1C.Cc1sc(-c2ccccc2O)nc1C(N)=O.Cc1sc(-c2ccccc2O)nc1CO.O=C(OC[C@@H]1CSC(c2ccccc2O)=N1)c1ccc(Br)cc1. The molecule has 3 aliphatic rings. The number of benzene rings is 7. The molecule has 19 nitrogen and oxygen atoms in total. The van der Waals surface area contributed by atoms with Crippen molar-refractivity contribution in [3.63, 3.8) is 0 Å². The molecular weight excluding hydrogens is 1460 g/mol. The molecule has 11 N–H and O–H groups in total. The lowest BCUT2D eigenvalue weighted by Crippen LogP contribution is -2.17. The number of aromatic nitrogens is 3. The summed E-state index contributed by atoms with van der Waals surface area (Å²) in [5.41, 5.74) is 12.1. The Morgan fingerprint density at radius 1 is 0.485 bits per heavy atom. The maximum atomic E-state index is 12.0. The first kappa shape index (κ1) is 83.3. The fraction of sp³-hybridized carbons (Fsp3) is 0.253. The maximum Gasteiger partial charge on any atom is 0.338 e. The number of aromatic hydroxyl groups is 6. The van der Waals surface area contributed by atoms with Gasteiger partial charge in [-0.1, -0.05) is 125 Å². The molecule has 101 heavy (non-hydrogen) atoms. The number of thioether (sulfide) groups is 3. The molecule has 0 spiro atoms. The van der Waals surface area contributed by atoms with Crippen LogP contribution in [0.4, 0.5) is 0 Å². The van der Waals surface area contributed by atoms with Gasteiger partial charge in [0.2, 0.25) is 0 Å². The second-order valence-electron chi connectivity index (χ2n) is 21.8. The topological polar surface area (TPSA) is 327 Å². The summed E-state index contributed by atoms with van der Waals surface area (Å²) in [5, 5.41) is 90.5. The molecule has 0 bridgehead atoms. The normalized spacial score (nSPS) is 16.0. The lowest BCUT2D eigenvalue weighted by molar-refractivity contribution is 0.0490. The summed E-state index contributed by atoms with van der Waals surface area (Å²) in [7, 11) is 0. The monoisotopic (exact) mass is 1550 g/mol. The van der Waals surface area contributed by atoms with Crippen molar-refractivity contribution >= 4 is 112 Å². The molecule has 0 unspecified atom stereocenters. The van der Waals surface area contributed by atoms with Crippen molar-refractivity contribution in [2.75, 3.05) is 25.6 Å². The first-order chi connectivity index (χ1) is 47.1. The highest BCUT2D eigenvalue weighted by Crippen LogP contribution is 2.38. The number of carbonyl (C=O) groups excluding carboxylic acids is 2. The summed E-state index contributed by atoms with van der Waals surface area (Å²) in [4.78, 5) is 52.1. The molecule has 10 aromatic rings. The maximum absolute atomic E-state index is 12.0. The average Bonchev–Trinajstić information content (AvgIpc) is 1.73. The molecule has 534 valence electrons. The van der Waals surface area contributed by atoms with E-state index in [-0.39, 0.29) is 118 Å². The van der Waals surface area contributed by atoms with Crippen LogP contribution in [0.5, 0.6) is 34.5 Å². The summed E-state index contributed by atoms with van der Waals surface area (Å²) in [6.45, 7) is 12.1. The summed E-state index contributed by atoms with van der Waals surface area (Å²) in [6.07, 6.45) is 0. The number of amides is 1. The molecule has 3 aliphatic heterocycles. The van der Waals surface area contributed by atoms with Crippen molar-refractivity contribution in [1.82, 2.24) is 15.0 Å². The number of halogens is 1. The molecule has 26 heteroatoms. The van der Waals surface area contributed by atoms with Gasteiger partial charge in [-0.3, -0.25) is 19.8 Å². The Balaban J connectivity index is 0.000000219. The fourth-order valence-corrected chi connectivity index (χ4v) is 15.7. The number of aryl methyl sites for hydroxylation is 4. The minimum absolute atomic E-state index is 0. The summed E-state index contributed by atoms with van der Waals surface area (Å²) < 4.78 is 6.24. The molecule has 0 aliphatic carbocycles. The van der Waals surface area contributed by atoms with E-state index in [1.165, 1.54) is 27.6 Å². The summed E-state index contributed by atoms with van der Waals surface area (Å²) in [5.74, 6) is 1.20. The van der Waals surface area contributed by atoms with E-state index >= 15 is 0 Å². The zero-order valence-electron chi connectivity index (χ0n) is 53.9. The van der Waals surface area contributed by atoms with Crippen LogP contribution < -0.4 is 5.73 Å². The highest BCUT2D eigenvalue weighted by atomic mass is 79.9. The van der Waals surface area contributed by atoms with Gasteiger partial charge in [0, 0.05) is 52.0 Å². The van der Waals surface area contributed by atoms with Gasteiger partial charge in [0.25, 0.3) is 5.91 Å². The van der Waals surface area contributed by atoms with Gasteiger partial charge in [0.05, 0.1) is 71.6 Å². The number of esters is 1. The highest BCUT2D eigenvalue weighted by Gasteiger charge is 2.29. The van der Waals surface area contributed by atoms with Crippen LogP contribution in [0.25, 0.3) is 31.7 Å². The minimum Gasteiger partial charge on any atom is -0.507 e. The van der Waals surface area contributed by atoms with Crippen LogP contribution in [0, 0.1) is 27.7 Å². The molecule has 6 heterocycles. The van der Waals surface area contributed by atoms with Crippen LogP contribution >= 0.6 is 85.2 Å². The third-order valence-corrected chi connectivity index (χ3v) is 22.0. The number of phenolic OH excluding ortho intramolecular Hbond substituents is 6. The number of carbonyl (C=O) groups is 2. The minimum atomic E-state index is -0.546. The first-order valence-corrected chi connectivity index (χ1v) is 36.4. The largest absolute Gasteiger partial charge is 0.507 e. The van der Waals surface area contributed by atoms with Crippen molar-refractivity contribution in [2.24, 2.45) is 20.7 Å². The van der Waals surface area contributed by atoms with E-state index in [1.807, 2.05) is 101 Å². The molecule has 0 saturated heterocycles. The van der Waals surface area contributed by atoms with E-state index in [2.05, 4.69) is 45.9 Å². The molecular formula is C75H84BrN7O12S6. The molecule has 0 radical (unpaired) electrons. The van der Waals surface area contributed by atoms with Gasteiger partial charge in [-0.15, -0.1) is 69.3 Å². The van der Waals surface area contributed by atoms with E-state index < -0.39 is 5.91 Å². The van der Waals surface area contributed by atoms with Crippen molar-refractivity contribution in [2.45, 2.75) is 99.1 Å². The summed E-state index contributed by atoms with van der Waals surface area (Å²) >= 11 is 12.5. The number of ether oxygens (including phenoxy) is 1. The first-order valence-electron chi connectivity index (χ1n) is 30.4. The third-order valence-electron chi connectivity index (χ3n) is 14.7. The predicted molar refractivity (Wildman–Crippen MR) is 422 cm³/mol. The number of thiazole rings is 3. The van der Waals surface area contributed by atoms with E-state index in [1.54, 1.807) is 157 Å². The Bertz CT molecular complexity index is 4350. The van der Waals surface area contributed by atoms with Crippen molar-refractivity contribution in [1.29, 1.82) is 0 Å². The van der Waals surface area contributed by atoms with Crippen LogP contribution in [0.15, 0.2) is 189 Å². The van der Waals surface area contributed by atoms with E-state index in [9.17, 15) is 40.2 Å². The average molecular weight is 1550 g/mol. The van der Waals surface area contributed by atoms with Gasteiger partial charge < -0.3 is 56.4 Å². The number of phenols is 6. The Kier molecular flexibility index (Phi) is 33.2. The molecule has 7 aromatic carbocycles. The lowest BCUT2D eigenvalue weighted by Gasteiger charge is -2.07. The molecule has 5 atom stereocenters. The molecule has 0 saturated carbocycles. The van der Waals surface area contributed by atoms with Crippen LogP contribution in [0.1, 0.15) is 99.7 Å². The number of rotatable bonds is 13. The van der Waals surface area contributed by atoms with Gasteiger partial charge in [-0.25, -0.2) is 19.7 Å². The number of nitrogens with zero attached hydrogens (tertiary/aromatic N) is 6. The van der Waals surface area contributed by atoms with E-state index in [0.29, 0.717) is 33.1 Å². The van der Waals surface area contributed by atoms with Crippen molar-refractivity contribution in [3.05, 3.63) is 228 Å². The third kappa shape index (κ3) is 22.8. The van der Waals surface area contributed by atoms with Gasteiger partial charge >= 0.3 is 5.97 Å². The highest BCUT2D eigenvalue weighted by molar-refractivity contribution is 9.10. The Labute approximate surface area is 622 Å². The quantitative estimate of drug-likeness (QED) is 0.0480. The number of nitrogens with two attached hydrogens (primary N) is 1. The number of primary amides is 1. The van der Waals surface area contributed by atoms with Gasteiger partial charge in [-0.05, 0) is 125 Å². The van der Waals surface area contributed by atoms with E-state index in [0.717, 1.165) is 73.1 Å². The van der Waals surface area contributed by atoms with Crippen LogP contribution in [-0.4, -0.2) is 142 Å². The second kappa shape index (κ2) is 40.3. The van der Waals surface area contributed by atoms with Crippen molar-refractivity contribution in [3.8, 4) is 66.2 Å². The standard InChI is InChI=1S/C17H14BrNO3S.C11H10N2O2S.2C11H13NO2S.C11H11NO2S.C11H11NOS.3CH4/c18-12-7-5-11(6-8-12)17(21)22-9-13-10-23-16(19-13)14-3-1-2-4-15(14)20;1-6-9(10(12)15)13-11(16-6)7-4-2-3-5-8(7)14;3*1-7-9(6-13)12-11(15-7)8-4-2-3-5-10(8)14;1-7-8(2)14-11(12-7)9-5-3-4-6-10(9)13;;;/h1-8,13,20H,9-10H2;2-5,14H,1H3,(H2,12,15);2*2-5,7,9,13-14H,6H2,1H3;2-5,13-14H,6H2,1H3;3-6,13H,1-2H3;3*1H4/t13-;;7-,9+;7-,9-;;;;;/m1.00...../s1.